The van der Waals surface area contributed by atoms with Crippen molar-refractivity contribution in [1.82, 2.24) is 15.3 Å². The molecule has 3 unspecified atom stereocenters. The topological polar surface area (TPSA) is 146 Å². The van der Waals surface area contributed by atoms with E-state index >= 15 is 0 Å². The van der Waals surface area contributed by atoms with Gasteiger partial charge in [-0.1, -0.05) is 0 Å². The number of carbonyl (C=O) groups is 1. The van der Waals surface area contributed by atoms with E-state index in [0.29, 0.717) is 12.2 Å². The number of carbonyl (C=O) groups excluding carboxylic acids is 1. The van der Waals surface area contributed by atoms with E-state index in [2.05, 4.69) is 15.3 Å². The molecule has 3 N–H and O–H groups in total. The van der Waals surface area contributed by atoms with Crippen molar-refractivity contribution in [3.63, 3.8) is 0 Å². The fourth-order valence-corrected chi connectivity index (χ4v) is 3.45. The molecule has 10 nitrogen and oxygen atoms in total. The molecule has 0 spiro atoms. The largest absolute Gasteiger partial charge is 0.430 e. The SMILES string of the molecule is CSCCC(O)C(O)C(Cc1ccncc1)NC(=O)c1coc(N(C)S(C)(=O)=O)n1.[HH]. The second kappa shape index (κ2) is 10.8. The number of aromatic nitrogens is 2. The summed E-state index contributed by atoms with van der Waals surface area (Å²) < 4.78 is 29.1. The molecule has 0 aromatic carbocycles. The second-order valence-electron chi connectivity index (χ2n) is 6.72. The highest BCUT2D eigenvalue weighted by Crippen LogP contribution is 2.16. The van der Waals surface area contributed by atoms with Gasteiger partial charge in [0.25, 0.3) is 5.91 Å². The van der Waals surface area contributed by atoms with Gasteiger partial charge in [-0.15, -0.1) is 0 Å². The Morgan fingerprint density at radius 2 is 2.03 bits per heavy atom. The summed E-state index contributed by atoms with van der Waals surface area (Å²) in [6.07, 6.45) is 5.45. The summed E-state index contributed by atoms with van der Waals surface area (Å²) >= 11 is 1.54. The van der Waals surface area contributed by atoms with E-state index in [-0.39, 0.29) is 19.6 Å². The number of nitrogens with one attached hydrogen (secondary N) is 1. The molecular weight excluding hydrogens is 432 g/mol. The Balaban J connectivity index is 0.00000480. The molecule has 0 radical (unpaired) electrons. The number of thioether (sulfide) groups is 1. The normalized spacial score (nSPS) is 14.7. The van der Waals surface area contributed by atoms with Gasteiger partial charge in [0, 0.05) is 20.9 Å². The molecule has 3 atom stereocenters. The third kappa shape index (κ3) is 6.69. The molecule has 2 aromatic rings. The summed E-state index contributed by atoms with van der Waals surface area (Å²) in [4.78, 5) is 20.5. The van der Waals surface area contributed by atoms with Gasteiger partial charge in [0.1, 0.15) is 12.4 Å². The monoisotopic (exact) mass is 460 g/mol. The Morgan fingerprint density at radius 1 is 1.37 bits per heavy atom. The van der Waals surface area contributed by atoms with E-state index in [4.69, 9.17) is 4.42 Å². The van der Waals surface area contributed by atoms with Crippen LogP contribution in [0.1, 0.15) is 23.9 Å². The van der Waals surface area contributed by atoms with Crippen LogP contribution in [0.4, 0.5) is 6.01 Å². The van der Waals surface area contributed by atoms with Crippen molar-refractivity contribution >= 4 is 33.7 Å². The van der Waals surface area contributed by atoms with Crippen LogP contribution in [0.25, 0.3) is 0 Å². The number of amides is 1. The van der Waals surface area contributed by atoms with Crippen molar-refractivity contribution in [2.24, 2.45) is 0 Å². The minimum Gasteiger partial charge on any atom is -0.430 e. The van der Waals surface area contributed by atoms with Crippen LogP contribution >= 0.6 is 11.8 Å². The lowest BCUT2D eigenvalue weighted by Crippen LogP contribution is -2.50. The van der Waals surface area contributed by atoms with E-state index in [1.807, 2.05) is 6.26 Å². The first kappa shape index (κ1) is 24.1. The number of rotatable bonds is 11. The molecule has 0 saturated carbocycles. The van der Waals surface area contributed by atoms with Crippen LogP contribution in [0.5, 0.6) is 0 Å². The van der Waals surface area contributed by atoms with Gasteiger partial charge >= 0.3 is 6.01 Å². The molecule has 2 rings (SSSR count). The van der Waals surface area contributed by atoms with E-state index in [1.165, 1.54) is 18.8 Å². The van der Waals surface area contributed by atoms with Crippen LogP contribution in [-0.4, -0.2) is 78.1 Å². The van der Waals surface area contributed by atoms with Gasteiger partial charge in [0.2, 0.25) is 10.0 Å². The van der Waals surface area contributed by atoms with Crippen molar-refractivity contribution in [3.05, 3.63) is 42.0 Å². The lowest BCUT2D eigenvalue weighted by Gasteiger charge is -2.27. The smallest absolute Gasteiger partial charge is 0.311 e. The third-order valence-electron chi connectivity index (χ3n) is 4.44. The zero-order valence-corrected chi connectivity index (χ0v) is 18.6. The number of sulfonamides is 1. The van der Waals surface area contributed by atoms with E-state index < -0.39 is 34.2 Å². The minimum absolute atomic E-state index is 0. The number of pyridine rings is 1. The maximum atomic E-state index is 12.7. The Hall–Kier alpha value is -2.15. The van der Waals surface area contributed by atoms with E-state index in [9.17, 15) is 23.4 Å². The average Bonchev–Trinajstić information content (AvgIpc) is 3.20. The maximum absolute atomic E-state index is 12.7. The molecule has 0 aliphatic carbocycles. The number of hydrogen-bond donors (Lipinski definition) is 3. The summed E-state index contributed by atoms with van der Waals surface area (Å²) in [5.74, 6) is -0.0133. The molecule has 0 bridgehead atoms. The number of hydrogen-bond acceptors (Lipinski definition) is 9. The lowest BCUT2D eigenvalue weighted by atomic mass is 9.97. The van der Waals surface area contributed by atoms with Crippen LogP contribution in [-0.2, 0) is 16.4 Å². The van der Waals surface area contributed by atoms with Crippen molar-refractivity contribution in [2.45, 2.75) is 31.1 Å². The molecule has 2 heterocycles. The van der Waals surface area contributed by atoms with Crippen molar-refractivity contribution in [1.29, 1.82) is 0 Å². The Morgan fingerprint density at radius 3 is 2.63 bits per heavy atom. The number of oxazole rings is 1. The van der Waals surface area contributed by atoms with E-state index in [1.54, 1.807) is 24.5 Å². The molecule has 0 aliphatic rings. The van der Waals surface area contributed by atoms with Gasteiger partial charge in [-0.05, 0) is 42.5 Å². The summed E-state index contributed by atoms with van der Waals surface area (Å²) in [6, 6.07) is 2.42. The molecule has 30 heavy (non-hydrogen) atoms. The van der Waals surface area contributed by atoms with Gasteiger partial charge < -0.3 is 19.9 Å². The van der Waals surface area contributed by atoms with Gasteiger partial charge in [-0.3, -0.25) is 9.78 Å². The first-order chi connectivity index (χ1) is 14.1. The van der Waals surface area contributed by atoms with Gasteiger partial charge in [-0.25, -0.2) is 12.7 Å². The second-order valence-corrected chi connectivity index (χ2v) is 9.72. The van der Waals surface area contributed by atoms with Crippen molar-refractivity contribution in [2.75, 3.05) is 29.6 Å². The zero-order valence-electron chi connectivity index (χ0n) is 16.9. The molecular formula is C18H28N4O6S2. The molecule has 1 amide bonds. The summed E-state index contributed by atoms with van der Waals surface area (Å²) in [7, 11) is -2.35. The molecule has 0 aliphatic heterocycles. The highest BCUT2D eigenvalue weighted by Gasteiger charge is 2.29. The number of aliphatic hydroxyl groups is 2. The third-order valence-corrected chi connectivity index (χ3v) is 6.23. The first-order valence-electron chi connectivity index (χ1n) is 9.07. The molecule has 0 saturated heterocycles. The fourth-order valence-electron chi connectivity index (χ4n) is 2.60. The van der Waals surface area contributed by atoms with Crippen LogP contribution < -0.4 is 9.62 Å². The fraction of sp³-hybridized carbons (Fsp3) is 0.500. The lowest BCUT2D eigenvalue weighted by molar-refractivity contribution is -0.00410. The number of aliphatic hydroxyl groups excluding tert-OH is 2. The predicted molar refractivity (Wildman–Crippen MR) is 116 cm³/mol. The summed E-state index contributed by atoms with van der Waals surface area (Å²) in [6.45, 7) is 0. The van der Waals surface area contributed by atoms with Crippen molar-refractivity contribution < 1.29 is 29.3 Å². The van der Waals surface area contributed by atoms with Crippen LogP contribution in [0.3, 0.4) is 0 Å². The predicted octanol–water partition coefficient (Wildman–Crippen LogP) is 0.527. The van der Waals surface area contributed by atoms with Gasteiger partial charge in [-0.2, -0.15) is 16.7 Å². The van der Waals surface area contributed by atoms with Crippen LogP contribution in [0.2, 0.25) is 0 Å². The molecule has 12 heteroatoms. The zero-order chi connectivity index (χ0) is 22.3. The van der Waals surface area contributed by atoms with Crippen LogP contribution in [0.15, 0.2) is 35.2 Å². The summed E-state index contributed by atoms with van der Waals surface area (Å²) in [5, 5.41) is 23.6. The maximum Gasteiger partial charge on any atom is 0.311 e. The van der Waals surface area contributed by atoms with E-state index in [0.717, 1.165) is 22.4 Å². The highest BCUT2D eigenvalue weighted by atomic mass is 32.2. The Labute approximate surface area is 181 Å². The average molecular weight is 461 g/mol. The minimum atomic E-state index is -3.60. The molecule has 0 fully saturated rings. The Bertz CT molecular complexity index is 928. The standard InChI is InChI=1S/C18H26N4O6S2.H2/c1-22(30(3,26)27)18-21-14(11-28-18)17(25)20-13(10-12-4-7-19-8-5-12)16(24)15(23)6-9-29-2;/h4-5,7-8,11,13,15-16,23-24H,6,9-10H2,1-3H3,(H,20,25);1H. The first-order valence-corrected chi connectivity index (χ1v) is 12.3. The van der Waals surface area contributed by atoms with Gasteiger partial charge in [0.05, 0.1) is 18.4 Å². The highest BCUT2D eigenvalue weighted by molar-refractivity contribution is 7.98. The van der Waals surface area contributed by atoms with Crippen LogP contribution in [0, 0.1) is 0 Å². The number of anilines is 1. The van der Waals surface area contributed by atoms with Gasteiger partial charge in [0.15, 0.2) is 5.69 Å². The van der Waals surface area contributed by atoms with Crippen molar-refractivity contribution in [3.8, 4) is 0 Å². The molecule has 2 aromatic heterocycles. The Kier molecular flexibility index (Phi) is 8.65. The summed E-state index contributed by atoms with van der Waals surface area (Å²) in [5.41, 5.74) is 0.662. The quantitative estimate of drug-likeness (QED) is 0.437. The molecule has 168 valence electrons. The number of nitrogens with zero attached hydrogens (tertiary/aromatic N) is 3.